The molecule has 0 bridgehead atoms. The molecule has 1 aliphatic rings. The number of rotatable bonds is 2. The third-order valence-corrected chi connectivity index (χ3v) is 4.25. The van der Waals surface area contributed by atoms with Gasteiger partial charge in [-0.3, -0.25) is 0 Å². The first-order chi connectivity index (χ1) is 11.7. The van der Waals surface area contributed by atoms with E-state index in [1.54, 1.807) is 18.3 Å². The highest BCUT2D eigenvalue weighted by molar-refractivity contribution is 7.80. The summed E-state index contributed by atoms with van der Waals surface area (Å²) in [6.07, 6.45) is 6.16. The molecule has 0 saturated carbocycles. The predicted octanol–water partition coefficient (Wildman–Crippen LogP) is 4.62. The minimum atomic E-state index is -0.209. The number of nitrogens with one attached hydrogen (secondary N) is 2. The number of hydrogen-bond donors (Lipinski definition) is 3. The Morgan fingerprint density at radius 3 is 2.21 bits per heavy atom. The molecule has 0 amide bonds. The van der Waals surface area contributed by atoms with Crippen LogP contribution in [-0.2, 0) is 0 Å². The van der Waals surface area contributed by atoms with E-state index in [2.05, 4.69) is 27.9 Å². The summed E-state index contributed by atoms with van der Waals surface area (Å²) < 4.78 is 12.7. The number of imidazole rings is 1. The van der Waals surface area contributed by atoms with Gasteiger partial charge in [-0.1, -0.05) is 24.3 Å². The second-order valence-electron chi connectivity index (χ2n) is 5.68. The fraction of sp³-hybridized carbons (Fsp3) is 0.211. The quantitative estimate of drug-likeness (QED) is 0.596. The van der Waals surface area contributed by atoms with Gasteiger partial charge >= 0.3 is 0 Å². The first-order valence-corrected chi connectivity index (χ1v) is 8.45. The summed E-state index contributed by atoms with van der Waals surface area (Å²) in [5, 5.41) is 3.37. The topological polar surface area (TPSA) is 40.7 Å². The molecule has 1 saturated heterocycles. The van der Waals surface area contributed by atoms with Crippen molar-refractivity contribution in [1.29, 1.82) is 0 Å². The van der Waals surface area contributed by atoms with E-state index < -0.39 is 0 Å². The summed E-state index contributed by atoms with van der Waals surface area (Å²) in [5.41, 5.74) is 2.09. The molecule has 2 N–H and O–H groups in total. The molecular weight excluding hydrogens is 321 g/mol. The third kappa shape index (κ3) is 4.46. The molecule has 0 radical (unpaired) electrons. The number of H-pyrrole nitrogens is 1. The van der Waals surface area contributed by atoms with Gasteiger partial charge in [0.2, 0.25) is 0 Å². The lowest BCUT2D eigenvalue weighted by Gasteiger charge is -2.04. The SMILES string of the molecule is Fc1ccc(-c2ccc(S)cc2)cc1.c1c[nH]c(C2CCCN2)n1. The van der Waals surface area contributed by atoms with Crippen LogP contribution in [0.2, 0.25) is 0 Å². The smallest absolute Gasteiger partial charge is 0.123 e. The van der Waals surface area contributed by atoms with E-state index in [-0.39, 0.29) is 5.82 Å². The molecule has 4 rings (SSSR count). The molecular formula is C19H20FN3S. The van der Waals surface area contributed by atoms with Crippen molar-refractivity contribution in [3.63, 3.8) is 0 Å². The zero-order chi connectivity index (χ0) is 16.8. The van der Waals surface area contributed by atoms with Crippen LogP contribution in [0, 0.1) is 5.82 Å². The molecule has 3 nitrogen and oxygen atoms in total. The van der Waals surface area contributed by atoms with Crippen LogP contribution in [-0.4, -0.2) is 16.5 Å². The number of halogens is 1. The number of aromatic amines is 1. The minimum absolute atomic E-state index is 0.209. The van der Waals surface area contributed by atoms with Crippen LogP contribution in [0.5, 0.6) is 0 Å². The zero-order valence-electron chi connectivity index (χ0n) is 13.2. The summed E-state index contributed by atoms with van der Waals surface area (Å²) in [6, 6.07) is 14.7. The highest BCUT2D eigenvalue weighted by atomic mass is 32.1. The van der Waals surface area contributed by atoms with Crippen LogP contribution in [0.1, 0.15) is 24.7 Å². The summed E-state index contributed by atoms with van der Waals surface area (Å²) in [5.74, 6) is 0.872. The Bertz CT molecular complexity index is 690. The van der Waals surface area contributed by atoms with Crippen molar-refractivity contribution in [1.82, 2.24) is 15.3 Å². The molecule has 0 spiro atoms. The molecule has 1 fully saturated rings. The van der Waals surface area contributed by atoms with Crippen molar-refractivity contribution in [3.05, 3.63) is 72.6 Å². The Morgan fingerprint density at radius 1 is 1.00 bits per heavy atom. The Kier molecular flexibility index (Phi) is 5.67. The van der Waals surface area contributed by atoms with Crippen LogP contribution in [0.3, 0.4) is 0 Å². The summed E-state index contributed by atoms with van der Waals surface area (Å²) >= 11 is 4.20. The molecule has 1 aromatic heterocycles. The van der Waals surface area contributed by atoms with Gasteiger partial charge in [0, 0.05) is 17.3 Å². The van der Waals surface area contributed by atoms with Crippen LogP contribution in [0.15, 0.2) is 65.8 Å². The highest BCUT2D eigenvalue weighted by Crippen LogP contribution is 2.21. The van der Waals surface area contributed by atoms with Gasteiger partial charge in [0.05, 0.1) is 6.04 Å². The van der Waals surface area contributed by atoms with Crippen molar-refractivity contribution in [3.8, 4) is 11.1 Å². The van der Waals surface area contributed by atoms with Crippen LogP contribution >= 0.6 is 12.6 Å². The molecule has 1 aliphatic heterocycles. The molecule has 5 heteroatoms. The van der Waals surface area contributed by atoms with Crippen LogP contribution in [0.25, 0.3) is 11.1 Å². The fourth-order valence-electron chi connectivity index (χ4n) is 2.68. The van der Waals surface area contributed by atoms with Crippen LogP contribution in [0.4, 0.5) is 4.39 Å². The van der Waals surface area contributed by atoms with Gasteiger partial charge in [0.15, 0.2) is 0 Å². The number of benzene rings is 2. The predicted molar refractivity (Wildman–Crippen MR) is 97.7 cm³/mol. The van der Waals surface area contributed by atoms with Gasteiger partial charge in [-0.15, -0.1) is 12.6 Å². The molecule has 1 atom stereocenters. The normalized spacial score (nSPS) is 16.5. The first kappa shape index (κ1) is 16.7. The van der Waals surface area contributed by atoms with E-state index in [0.29, 0.717) is 6.04 Å². The van der Waals surface area contributed by atoms with Crippen molar-refractivity contribution >= 4 is 12.6 Å². The van der Waals surface area contributed by atoms with Crippen molar-refractivity contribution in [2.24, 2.45) is 0 Å². The minimum Gasteiger partial charge on any atom is -0.347 e. The molecule has 2 heterocycles. The van der Waals surface area contributed by atoms with Gasteiger partial charge in [-0.25, -0.2) is 9.37 Å². The largest absolute Gasteiger partial charge is 0.347 e. The highest BCUT2D eigenvalue weighted by Gasteiger charge is 2.17. The molecule has 1 unspecified atom stereocenters. The third-order valence-electron chi connectivity index (χ3n) is 3.95. The van der Waals surface area contributed by atoms with Gasteiger partial charge in [0.25, 0.3) is 0 Å². The fourth-order valence-corrected chi connectivity index (χ4v) is 2.83. The summed E-state index contributed by atoms with van der Waals surface area (Å²) in [7, 11) is 0. The maximum Gasteiger partial charge on any atom is 0.123 e. The Balaban J connectivity index is 0.000000149. The van der Waals surface area contributed by atoms with Crippen molar-refractivity contribution < 1.29 is 4.39 Å². The van der Waals surface area contributed by atoms with Crippen molar-refractivity contribution in [2.75, 3.05) is 6.54 Å². The lowest BCUT2D eigenvalue weighted by molar-refractivity contribution is 0.612. The average Bonchev–Trinajstić information content (AvgIpc) is 3.30. The Hall–Kier alpha value is -2.11. The van der Waals surface area contributed by atoms with E-state index in [9.17, 15) is 4.39 Å². The average molecular weight is 341 g/mol. The maximum absolute atomic E-state index is 12.7. The lowest BCUT2D eigenvalue weighted by atomic mass is 10.1. The van der Waals surface area contributed by atoms with Gasteiger partial charge in [-0.2, -0.15) is 0 Å². The van der Waals surface area contributed by atoms with Crippen molar-refractivity contribution in [2.45, 2.75) is 23.8 Å². The van der Waals surface area contributed by atoms with Crippen LogP contribution < -0.4 is 5.32 Å². The molecule has 24 heavy (non-hydrogen) atoms. The number of thiol groups is 1. The summed E-state index contributed by atoms with van der Waals surface area (Å²) in [4.78, 5) is 8.21. The van der Waals surface area contributed by atoms with E-state index in [1.807, 2.05) is 30.5 Å². The first-order valence-electron chi connectivity index (χ1n) is 8.00. The van der Waals surface area contributed by atoms with E-state index in [4.69, 9.17) is 0 Å². The Morgan fingerprint density at radius 2 is 1.67 bits per heavy atom. The molecule has 124 valence electrons. The Labute approximate surface area is 146 Å². The molecule has 0 aliphatic carbocycles. The number of aromatic nitrogens is 2. The number of hydrogen-bond acceptors (Lipinski definition) is 3. The number of nitrogens with zero attached hydrogens (tertiary/aromatic N) is 1. The van der Waals surface area contributed by atoms with E-state index in [1.165, 1.54) is 25.0 Å². The zero-order valence-corrected chi connectivity index (χ0v) is 14.1. The summed E-state index contributed by atoms with van der Waals surface area (Å²) in [6.45, 7) is 1.13. The maximum atomic E-state index is 12.7. The van der Waals surface area contributed by atoms with E-state index in [0.717, 1.165) is 28.4 Å². The monoisotopic (exact) mass is 341 g/mol. The van der Waals surface area contributed by atoms with Gasteiger partial charge in [0.1, 0.15) is 11.6 Å². The van der Waals surface area contributed by atoms with Gasteiger partial charge < -0.3 is 10.3 Å². The van der Waals surface area contributed by atoms with E-state index >= 15 is 0 Å². The standard InChI is InChI=1S/C12H9FS.C7H11N3/c13-11-5-1-9(2-6-11)10-3-7-12(14)8-4-10;1-2-6(8-3-1)7-9-4-5-10-7/h1-8,14H;4-6,8H,1-3H2,(H,9,10). The second-order valence-corrected chi connectivity index (χ2v) is 6.19. The van der Waals surface area contributed by atoms with Gasteiger partial charge in [-0.05, 0) is 54.8 Å². The lowest BCUT2D eigenvalue weighted by Crippen LogP contribution is -2.13. The second kappa shape index (κ2) is 8.13. The molecule has 3 aromatic rings. The molecule has 2 aromatic carbocycles.